The molecule has 0 saturated carbocycles. The van der Waals surface area contributed by atoms with Gasteiger partial charge < -0.3 is 10.5 Å². The molecule has 106 valence electrons. The van der Waals surface area contributed by atoms with E-state index in [1.165, 1.54) is 6.08 Å². The van der Waals surface area contributed by atoms with Crippen LogP contribution in [-0.4, -0.2) is 24.5 Å². The van der Waals surface area contributed by atoms with Gasteiger partial charge in [-0.3, -0.25) is 10.1 Å². The van der Waals surface area contributed by atoms with E-state index in [-0.39, 0.29) is 0 Å². The van der Waals surface area contributed by atoms with Gasteiger partial charge in [0, 0.05) is 11.1 Å². The molecule has 1 rings (SSSR count). The van der Waals surface area contributed by atoms with Crippen LogP contribution in [0.1, 0.15) is 11.1 Å². The first kappa shape index (κ1) is 15.7. The number of carbonyl (C=O) groups excluding carboxylic acids is 3. The normalized spacial score (nSPS) is 10.3. The van der Waals surface area contributed by atoms with Gasteiger partial charge in [0.05, 0.1) is 0 Å². The highest BCUT2D eigenvalue weighted by Crippen LogP contribution is 2.17. The van der Waals surface area contributed by atoms with Crippen LogP contribution in [0.4, 0.5) is 4.79 Å². The van der Waals surface area contributed by atoms with E-state index in [9.17, 15) is 14.4 Å². The zero-order chi connectivity index (χ0) is 15.1. The third-order valence-electron chi connectivity index (χ3n) is 2.22. The molecule has 0 bridgehead atoms. The molecule has 3 N–H and O–H groups in total. The van der Waals surface area contributed by atoms with Crippen molar-refractivity contribution < 1.29 is 19.1 Å². The molecule has 20 heavy (non-hydrogen) atoms. The number of esters is 1. The SMILES string of the molecule is Cc1ccc(/C=C/C(=O)OCC(=O)NC(N)=O)cc1Cl. The van der Waals surface area contributed by atoms with Gasteiger partial charge in [-0.15, -0.1) is 0 Å². The van der Waals surface area contributed by atoms with Crippen molar-refractivity contribution in [3.05, 3.63) is 40.4 Å². The molecule has 1 aromatic carbocycles. The number of halogens is 1. The first-order chi connectivity index (χ1) is 9.38. The summed E-state index contributed by atoms with van der Waals surface area (Å²) in [6.45, 7) is 1.28. The summed E-state index contributed by atoms with van der Waals surface area (Å²) in [4.78, 5) is 32.7. The molecule has 0 radical (unpaired) electrons. The lowest BCUT2D eigenvalue weighted by Crippen LogP contribution is -2.37. The fourth-order valence-corrected chi connectivity index (χ4v) is 1.42. The average molecular weight is 297 g/mol. The van der Waals surface area contributed by atoms with E-state index in [4.69, 9.17) is 17.3 Å². The van der Waals surface area contributed by atoms with Crippen LogP contribution >= 0.6 is 11.6 Å². The lowest BCUT2D eigenvalue weighted by molar-refractivity contribution is -0.143. The van der Waals surface area contributed by atoms with Crippen molar-refractivity contribution >= 4 is 35.6 Å². The van der Waals surface area contributed by atoms with Gasteiger partial charge in [-0.2, -0.15) is 0 Å². The first-order valence-electron chi connectivity index (χ1n) is 5.59. The minimum atomic E-state index is -1.00. The molecule has 0 aromatic heterocycles. The maximum atomic E-state index is 11.3. The number of amides is 3. The van der Waals surface area contributed by atoms with E-state index in [0.29, 0.717) is 5.02 Å². The maximum Gasteiger partial charge on any atom is 0.331 e. The Morgan fingerprint density at radius 2 is 2.10 bits per heavy atom. The minimum absolute atomic E-state index is 0.583. The van der Waals surface area contributed by atoms with Crippen LogP contribution in [-0.2, 0) is 14.3 Å². The van der Waals surface area contributed by atoms with Gasteiger partial charge in [0.2, 0.25) is 0 Å². The Kier molecular flexibility index (Phi) is 5.74. The Labute approximate surface area is 120 Å². The summed E-state index contributed by atoms with van der Waals surface area (Å²) in [5.41, 5.74) is 6.37. The standard InChI is InChI=1S/C13H13ClN2O4/c1-8-2-3-9(6-10(8)14)4-5-12(18)20-7-11(17)16-13(15)19/h2-6H,7H2,1H3,(H3,15,16,17,19)/b5-4+. The Morgan fingerprint density at radius 1 is 1.40 bits per heavy atom. The number of nitrogens with two attached hydrogens (primary N) is 1. The van der Waals surface area contributed by atoms with Gasteiger partial charge in [0.25, 0.3) is 5.91 Å². The van der Waals surface area contributed by atoms with Crippen molar-refractivity contribution in [3.8, 4) is 0 Å². The number of benzene rings is 1. The topological polar surface area (TPSA) is 98.5 Å². The summed E-state index contributed by atoms with van der Waals surface area (Å²) < 4.78 is 4.60. The monoisotopic (exact) mass is 296 g/mol. The second kappa shape index (κ2) is 7.30. The van der Waals surface area contributed by atoms with Crippen molar-refractivity contribution in [2.75, 3.05) is 6.61 Å². The van der Waals surface area contributed by atoms with Crippen LogP contribution in [0, 0.1) is 6.92 Å². The maximum absolute atomic E-state index is 11.3. The number of carbonyl (C=O) groups is 3. The van der Waals surface area contributed by atoms with Crippen LogP contribution in [0.3, 0.4) is 0 Å². The van der Waals surface area contributed by atoms with Gasteiger partial charge in [0.15, 0.2) is 6.61 Å². The molecule has 1 aromatic rings. The van der Waals surface area contributed by atoms with Crippen molar-refractivity contribution in [1.29, 1.82) is 0 Å². The Hall–Kier alpha value is -2.34. The highest BCUT2D eigenvalue weighted by Gasteiger charge is 2.06. The Morgan fingerprint density at radius 3 is 2.70 bits per heavy atom. The second-order valence-electron chi connectivity index (χ2n) is 3.86. The summed E-state index contributed by atoms with van der Waals surface area (Å²) in [5.74, 6) is -1.51. The molecule has 0 spiro atoms. The molecule has 0 unspecified atom stereocenters. The van der Waals surface area contributed by atoms with Crippen LogP contribution in [0.15, 0.2) is 24.3 Å². The minimum Gasteiger partial charge on any atom is -0.452 e. The Balaban J connectivity index is 2.49. The molecular weight excluding hydrogens is 284 g/mol. The van der Waals surface area contributed by atoms with Crippen molar-refractivity contribution in [1.82, 2.24) is 5.32 Å². The third-order valence-corrected chi connectivity index (χ3v) is 2.62. The number of rotatable bonds is 4. The van der Waals surface area contributed by atoms with E-state index in [1.54, 1.807) is 17.4 Å². The number of urea groups is 1. The lowest BCUT2D eigenvalue weighted by atomic mass is 10.1. The fraction of sp³-hybridized carbons (Fsp3) is 0.154. The highest BCUT2D eigenvalue weighted by molar-refractivity contribution is 6.31. The largest absolute Gasteiger partial charge is 0.452 e. The summed E-state index contributed by atoms with van der Waals surface area (Å²) >= 11 is 5.93. The summed E-state index contributed by atoms with van der Waals surface area (Å²) in [6, 6.07) is 4.29. The average Bonchev–Trinajstić information content (AvgIpc) is 2.37. The van der Waals surface area contributed by atoms with Gasteiger partial charge >= 0.3 is 12.0 Å². The van der Waals surface area contributed by atoms with E-state index < -0.39 is 24.5 Å². The smallest absolute Gasteiger partial charge is 0.331 e. The molecule has 0 fully saturated rings. The van der Waals surface area contributed by atoms with Crippen molar-refractivity contribution in [3.63, 3.8) is 0 Å². The summed E-state index contributed by atoms with van der Waals surface area (Å²) in [7, 11) is 0. The van der Waals surface area contributed by atoms with E-state index >= 15 is 0 Å². The van der Waals surface area contributed by atoms with Gasteiger partial charge in [-0.25, -0.2) is 9.59 Å². The number of hydrogen-bond donors (Lipinski definition) is 2. The third kappa shape index (κ3) is 5.53. The molecule has 0 saturated heterocycles. The van der Waals surface area contributed by atoms with Crippen molar-refractivity contribution in [2.45, 2.75) is 6.92 Å². The number of nitrogens with one attached hydrogen (secondary N) is 1. The predicted molar refractivity (Wildman–Crippen MR) is 73.9 cm³/mol. The number of aryl methyl sites for hydroxylation is 1. The van der Waals surface area contributed by atoms with Gasteiger partial charge in [-0.1, -0.05) is 23.7 Å². The molecular formula is C13H13ClN2O4. The zero-order valence-electron chi connectivity index (χ0n) is 10.7. The highest BCUT2D eigenvalue weighted by atomic mass is 35.5. The molecule has 3 amide bonds. The van der Waals surface area contributed by atoms with Crippen LogP contribution in [0.25, 0.3) is 6.08 Å². The number of ether oxygens (including phenoxy) is 1. The fourth-order valence-electron chi connectivity index (χ4n) is 1.24. The second-order valence-corrected chi connectivity index (χ2v) is 4.27. The molecule has 0 aliphatic carbocycles. The zero-order valence-corrected chi connectivity index (χ0v) is 11.4. The quantitative estimate of drug-likeness (QED) is 0.648. The van der Waals surface area contributed by atoms with Crippen LogP contribution in [0.2, 0.25) is 5.02 Å². The molecule has 0 aliphatic rings. The molecule has 0 aliphatic heterocycles. The number of primary amides is 1. The van der Waals surface area contributed by atoms with E-state index in [0.717, 1.165) is 17.2 Å². The Bertz CT molecular complexity index is 569. The summed E-state index contributed by atoms with van der Waals surface area (Å²) in [6.07, 6.45) is 2.65. The van der Waals surface area contributed by atoms with Crippen LogP contribution in [0.5, 0.6) is 0 Å². The van der Waals surface area contributed by atoms with Crippen LogP contribution < -0.4 is 11.1 Å². The molecule has 0 heterocycles. The predicted octanol–water partition coefficient (Wildman–Crippen LogP) is 1.40. The van der Waals surface area contributed by atoms with Gasteiger partial charge in [-0.05, 0) is 30.2 Å². The van der Waals surface area contributed by atoms with E-state index in [2.05, 4.69) is 4.74 Å². The van der Waals surface area contributed by atoms with Gasteiger partial charge in [0.1, 0.15) is 0 Å². The molecule has 6 nitrogen and oxygen atoms in total. The van der Waals surface area contributed by atoms with Crippen molar-refractivity contribution in [2.24, 2.45) is 5.73 Å². The molecule has 0 atom stereocenters. The lowest BCUT2D eigenvalue weighted by Gasteiger charge is -2.01. The number of hydrogen-bond acceptors (Lipinski definition) is 4. The number of imide groups is 1. The van der Waals surface area contributed by atoms with E-state index in [1.807, 2.05) is 13.0 Å². The summed E-state index contributed by atoms with van der Waals surface area (Å²) in [5, 5.41) is 2.35. The molecule has 7 heteroatoms. The first-order valence-corrected chi connectivity index (χ1v) is 5.96.